The number of ether oxygens (including phenoxy) is 1. The Labute approximate surface area is 112 Å². The Morgan fingerprint density at radius 3 is 2.95 bits per heavy atom. The number of imidazole rings is 1. The standard InChI is InChI=1S/C10H14N6O4/c11-4-3(1-17)20-9(6(4)18)16-2-13-5-7(16)14-10(12)15-8(5)19/h2-4,6,9,17-18H,1,11H2,(H3,12,14,15,19)/t3-,4+,6?,9-/m1/s1. The number of aliphatic hydroxyl groups is 2. The molecular formula is C10H14N6O4. The Balaban J connectivity index is 2.09. The van der Waals surface area contributed by atoms with Gasteiger partial charge < -0.3 is 26.4 Å². The van der Waals surface area contributed by atoms with E-state index in [0.29, 0.717) is 0 Å². The number of nitrogens with one attached hydrogen (secondary N) is 1. The lowest BCUT2D eigenvalue weighted by Gasteiger charge is -2.16. The van der Waals surface area contributed by atoms with Crippen LogP contribution in [0, 0.1) is 0 Å². The maximum absolute atomic E-state index is 11.7. The number of nitrogens with zero attached hydrogens (tertiary/aromatic N) is 3. The maximum atomic E-state index is 11.7. The lowest BCUT2D eigenvalue weighted by molar-refractivity contribution is -0.0488. The van der Waals surface area contributed by atoms with Crippen LogP contribution in [0.4, 0.5) is 5.95 Å². The van der Waals surface area contributed by atoms with Crippen molar-refractivity contribution in [2.75, 3.05) is 12.3 Å². The number of aliphatic hydroxyl groups excluding tert-OH is 2. The van der Waals surface area contributed by atoms with Crippen LogP contribution in [-0.2, 0) is 4.74 Å². The fourth-order valence-electron chi connectivity index (χ4n) is 2.28. The molecule has 4 atom stereocenters. The van der Waals surface area contributed by atoms with Crippen molar-refractivity contribution in [2.45, 2.75) is 24.5 Å². The van der Waals surface area contributed by atoms with Crippen molar-refractivity contribution < 1.29 is 14.9 Å². The third-order valence-electron chi connectivity index (χ3n) is 3.33. The van der Waals surface area contributed by atoms with E-state index in [0.717, 1.165) is 0 Å². The summed E-state index contributed by atoms with van der Waals surface area (Å²) >= 11 is 0. The van der Waals surface area contributed by atoms with Gasteiger partial charge in [-0.3, -0.25) is 14.3 Å². The van der Waals surface area contributed by atoms with Gasteiger partial charge in [-0.2, -0.15) is 4.98 Å². The number of hydrogen-bond donors (Lipinski definition) is 5. The van der Waals surface area contributed by atoms with Crippen molar-refractivity contribution in [1.29, 1.82) is 0 Å². The zero-order valence-electron chi connectivity index (χ0n) is 10.3. The van der Waals surface area contributed by atoms with Gasteiger partial charge in [0.25, 0.3) is 5.56 Å². The summed E-state index contributed by atoms with van der Waals surface area (Å²) in [5, 5.41) is 19.2. The average Bonchev–Trinajstić information content (AvgIpc) is 2.93. The van der Waals surface area contributed by atoms with Crippen LogP contribution in [0.2, 0.25) is 0 Å². The molecule has 1 aliphatic heterocycles. The Morgan fingerprint density at radius 2 is 2.30 bits per heavy atom. The molecule has 3 heterocycles. The molecule has 0 amide bonds. The van der Waals surface area contributed by atoms with Gasteiger partial charge in [-0.25, -0.2) is 4.98 Å². The summed E-state index contributed by atoms with van der Waals surface area (Å²) in [4.78, 5) is 21.9. The van der Waals surface area contributed by atoms with Crippen molar-refractivity contribution in [3.8, 4) is 0 Å². The van der Waals surface area contributed by atoms with E-state index in [2.05, 4.69) is 15.0 Å². The average molecular weight is 282 g/mol. The molecule has 2 aromatic heterocycles. The maximum Gasteiger partial charge on any atom is 0.280 e. The summed E-state index contributed by atoms with van der Waals surface area (Å²) in [6, 6.07) is -0.748. The molecular weight excluding hydrogens is 268 g/mol. The smallest absolute Gasteiger partial charge is 0.280 e. The summed E-state index contributed by atoms with van der Waals surface area (Å²) < 4.78 is 6.85. The van der Waals surface area contributed by atoms with Crippen molar-refractivity contribution in [3.05, 3.63) is 16.7 Å². The molecule has 0 saturated carbocycles. The predicted molar refractivity (Wildman–Crippen MR) is 67.5 cm³/mol. The van der Waals surface area contributed by atoms with Gasteiger partial charge >= 0.3 is 0 Å². The summed E-state index contributed by atoms with van der Waals surface area (Å²) in [6.07, 6.45) is -1.34. The Hall–Kier alpha value is -2.01. The molecule has 108 valence electrons. The van der Waals surface area contributed by atoms with Crippen molar-refractivity contribution in [2.24, 2.45) is 5.73 Å². The van der Waals surface area contributed by atoms with E-state index in [1.165, 1.54) is 10.9 Å². The minimum absolute atomic E-state index is 0.0697. The highest BCUT2D eigenvalue weighted by Crippen LogP contribution is 2.29. The van der Waals surface area contributed by atoms with E-state index in [1.54, 1.807) is 0 Å². The number of rotatable bonds is 2. The van der Waals surface area contributed by atoms with Crippen LogP contribution >= 0.6 is 0 Å². The SMILES string of the molecule is Nc1nc2c(ncn2[C@@H]2O[C@H](CO)[C@H](N)C2O)c(=O)[nH]1. The van der Waals surface area contributed by atoms with Gasteiger partial charge in [-0.05, 0) is 0 Å². The largest absolute Gasteiger partial charge is 0.394 e. The van der Waals surface area contributed by atoms with Crippen LogP contribution in [0.5, 0.6) is 0 Å². The normalized spacial score (nSPS) is 30.1. The van der Waals surface area contributed by atoms with Gasteiger partial charge in [0, 0.05) is 0 Å². The first-order chi connectivity index (χ1) is 9.52. The zero-order chi connectivity index (χ0) is 14.4. The van der Waals surface area contributed by atoms with Crippen molar-refractivity contribution in [3.63, 3.8) is 0 Å². The molecule has 10 heteroatoms. The molecule has 0 aliphatic carbocycles. The van der Waals surface area contributed by atoms with Gasteiger partial charge in [-0.1, -0.05) is 0 Å². The Bertz CT molecular complexity index is 697. The fourth-order valence-corrected chi connectivity index (χ4v) is 2.28. The van der Waals surface area contributed by atoms with Crippen molar-refractivity contribution in [1.82, 2.24) is 19.5 Å². The van der Waals surface area contributed by atoms with E-state index in [9.17, 15) is 9.90 Å². The van der Waals surface area contributed by atoms with E-state index < -0.39 is 30.0 Å². The van der Waals surface area contributed by atoms with Crippen LogP contribution in [-0.4, -0.2) is 54.6 Å². The second-order valence-corrected chi connectivity index (χ2v) is 4.59. The molecule has 1 saturated heterocycles. The van der Waals surface area contributed by atoms with E-state index >= 15 is 0 Å². The highest BCUT2D eigenvalue weighted by Gasteiger charge is 2.42. The third kappa shape index (κ3) is 1.78. The first-order valence-electron chi connectivity index (χ1n) is 5.95. The second-order valence-electron chi connectivity index (χ2n) is 4.59. The Kier molecular flexibility index (Phi) is 2.94. The molecule has 20 heavy (non-hydrogen) atoms. The highest BCUT2D eigenvalue weighted by molar-refractivity contribution is 5.70. The number of nitrogens with two attached hydrogens (primary N) is 2. The molecule has 0 bridgehead atoms. The van der Waals surface area contributed by atoms with E-state index in [-0.39, 0.29) is 23.7 Å². The third-order valence-corrected chi connectivity index (χ3v) is 3.33. The molecule has 1 unspecified atom stereocenters. The topological polar surface area (TPSA) is 165 Å². The Morgan fingerprint density at radius 1 is 1.55 bits per heavy atom. The van der Waals surface area contributed by atoms with E-state index in [4.69, 9.17) is 21.3 Å². The first kappa shape index (κ1) is 13.0. The van der Waals surface area contributed by atoms with Crippen LogP contribution in [0.15, 0.2) is 11.1 Å². The molecule has 0 radical (unpaired) electrons. The number of H-pyrrole nitrogens is 1. The van der Waals surface area contributed by atoms with Gasteiger partial charge in [0.1, 0.15) is 12.2 Å². The minimum Gasteiger partial charge on any atom is -0.394 e. The molecule has 10 nitrogen and oxygen atoms in total. The summed E-state index contributed by atoms with van der Waals surface area (Å²) in [7, 11) is 0. The van der Waals surface area contributed by atoms with E-state index in [1.807, 2.05) is 0 Å². The van der Waals surface area contributed by atoms with Crippen LogP contribution in [0.25, 0.3) is 11.2 Å². The summed E-state index contributed by atoms with van der Waals surface area (Å²) in [5.41, 5.74) is 11.0. The van der Waals surface area contributed by atoms with Crippen LogP contribution < -0.4 is 17.0 Å². The van der Waals surface area contributed by atoms with Crippen LogP contribution in [0.1, 0.15) is 6.23 Å². The van der Waals surface area contributed by atoms with Gasteiger partial charge in [0.15, 0.2) is 17.4 Å². The van der Waals surface area contributed by atoms with Gasteiger partial charge in [0.05, 0.1) is 19.0 Å². The number of aromatic amines is 1. The first-order valence-corrected chi connectivity index (χ1v) is 5.95. The molecule has 1 aliphatic rings. The molecule has 3 rings (SSSR count). The number of aromatic nitrogens is 4. The number of nitrogen functional groups attached to an aromatic ring is 1. The second kappa shape index (κ2) is 4.52. The summed E-state index contributed by atoms with van der Waals surface area (Å²) in [6.45, 7) is -0.322. The highest BCUT2D eigenvalue weighted by atomic mass is 16.5. The van der Waals surface area contributed by atoms with Gasteiger partial charge in [0.2, 0.25) is 5.95 Å². The lowest BCUT2D eigenvalue weighted by Crippen LogP contribution is -2.41. The van der Waals surface area contributed by atoms with Gasteiger partial charge in [-0.15, -0.1) is 0 Å². The lowest BCUT2D eigenvalue weighted by atomic mass is 10.1. The fraction of sp³-hybridized carbons (Fsp3) is 0.500. The number of anilines is 1. The monoisotopic (exact) mass is 282 g/mol. The predicted octanol–water partition coefficient (Wildman–Crippen LogP) is -2.72. The zero-order valence-corrected chi connectivity index (χ0v) is 10.3. The molecule has 1 fully saturated rings. The summed E-state index contributed by atoms with van der Waals surface area (Å²) in [5.74, 6) is -0.0697. The van der Waals surface area contributed by atoms with Crippen LogP contribution in [0.3, 0.4) is 0 Å². The molecule has 7 N–H and O–H groups in total. The van der Waals surface area contributed by atoms with Crippen molar-refractivity contribution >= 4 is 17.1 Å². The molecule has 2 aromatic rings. The molecule has 0 spiro atoms. The number of fused-ring (bicyclic) bond motifs is 1. The minimum atomic E-state index is -1.06. The quantitative estimate of drug-likeness (QED) is 0.396. The molecule has 0 aromatic carbocycles. The number of hydrogen-bond acceptors (Lipinski definition) is 8.